The van der Waals surface area contributed by atoms with E-state index in [0.717, 1.165) is 33.6 Å². The van der Waals surface area contributed by atoms with Crippen LogP contribution in [0, 0.1) is 18.7 Å². The third-order valence-electron chi connectivity index (χ3n) is 6.39. The highest BCUT2D eigenvalue weighted by Crippen LogP contribution is 2.54. The minimum Gasteiger partial charge on any atom is -0.325 e. The predicted octanol–water partition coefficient (Wildman–Crippen LogP) is 3.94. The molecule has 0 bridgehead atoms. The Balaban J connectivity index is 1.47. The molecule has 2 aliphatic heterocycles. The van der Waals surface area contributed by atoms with Crippen molar-refractivity contribution in [3.05, 3.63) is 74.5 Å². The molecule has 1 saturated heterocycles. The maximum absolute atomic E-state index is 13.4. The summed E-state index contributed by atoms with van der Waals surface area (Å²) in [5.74, 6) is -2.30. The van der Waals surface area contributed by atoms with Crippen LogP contribution in [0.15, 0.2) is 58.4 Å². The van der Waals surface area contributed by atoms with Gasteiger partial charge in [-0.1, -0.05) is 49.1 Å². The predicted molar refractivity (Wildman–Crippen MR) is 133 cm³/mol. The van der Waals surface area contributed by atoms with E-state index < -0.39 is 28.3 Å². The normalized spacial score (nSPS) is 20.5. The molecule has 10 heteroatoms. The van der Waals surface area contributed by atoms with Gasteiger partial charge in [-0.25, -0.2) is 9.29 Å². The average molecular weight is 512 g/mol. The molecule has 0 aliphatic carbocycles. The van der Waals surface area contributed by atoms with Crippen molar-refractivity contribution in [2.45, 2.75) is 43.0 Å². The van der Waals surface area contributed by atoms with Crippen LogP contribution in [0.1, 0.15) is 24.3 Å². The van der Waals surface area contributed by atoms with Crippen LogP contribution in [0.5, 0.6) is 0 Å². The number of carbonyl (C=O) groups excluding carboxylic acids is 3. The Morgan fingerprint density at radius 2 is 1.80 bits per heavy atom. The van der Waals surface area contributed by atoms with Crippen molar-refractivity contribution < 1.29 is 18.8 Å². The number of aryl methyl sites for hydroxylation is 1. The van der Waals surface area contributed by atoms with Gasteiger partial charge in [0.15, 0.2) is 0 Å². The number of hydrogen-bond acceptors (Lipinski definition) is 6. The van der Waals surface area contributed by atoms with Crippen molar-refractivity contribution in [3.63, 3.8) is 0 Å². The van der Waals surface area contributed by atoms with Crippen molar-refractivity contribution in [2.24, 2.45) is 5.92 Å². The standard InChI is InChI=1S/C25H22FN3O4S2/c1-13-5-4-6-15(11-13)27-17(30)12-28-23-20(35-24(28)33)25(2,3)18-19(34-23)22(32)29(21(18)31)16-9-7-14(26)8-10-16/h4-11,18-19H,12H2,1-3H3,(H,27,30). The van der Waals surface area contributed by atoms with Gasteiger partial charge in [-0.2, -0.15) is 0 Å². The Morgan fingerprint density at radius 1 is 1.09 bits per heavy atom. The van der Waals surface area contributed by atoms with Gasteiger partial charge < -0.3 is 5.32 Å². The summed E-state index contributed by atoms with van der Waals surface area (Å²) in [6.45, 7) is 5.40. The molecule has 3 amide bonds. The molecule has 3 aromatic rings. The molecule has 5 rings (SSSR count). The summed E-state index contributed by atoms with van der Waals surface area (Å²) in [7, 11) is 0. The SMILES string of the molecule is Cc1cccc(NC(=O)Cn2c3c(sc2=O)C(C)(C)C2C(=O)N(c4ccc(F)cc4)C(=O)C2S3)c1. The maximum Gasteiger partial charge on any atom is 0.308 e. The van der Waals surface area contributed by atoms with Gasteiger partial charge in [-0.15, -0.1) is 0 Å². The summed E-state index contributed by atoms with van der Waals surface area (Å²) in [4.78, 5) is 53.9. The number of imide groups is 1. The molecule has 2 aromatic carbocycles. The van der Waals surface area contributed by atoms with Crippen molar-refractivity contribution >= 4 is 52.2 Å². The Morgan fingerprint density at radius 3 is 2.49 bits per heavy atom. The van der Waals surface area contributed by atoms with Gasteiger partial charge in [-0.3, -0.25) is 23.7 Å². The molecular formula is C25H22FN3O4S2. The number of fused-ring (bicyclic) bond motifs is 2. The molecule has 7 nitrogen and oxygen atoms in total. The summed E-state index contributed by atoms with van der Waals surface area (Å²) < 4.78 is 14.8. The van der Waals surface area contributed by atoms with Crippen LogP contribution in [-0.4, -0.2) is 27.5 Å². The van der Waals surface area contributed by atoms with Gasteiger partial charge in [0.2, 0.25) is 17.7 Å². The zero-order valence-electron chi connectivity index (χ0n) is 19.2. The lowest BCUT2D eigenvalue weighted by atomic mass is 9.76. The minimum absolute atomic E-state index is 0.205. The number of thioether (sulfide) groups is 1. The van der Waals surface area contributed by atoms with Gasteiger partial charge in [-0.05, 0) is 48.9 Å². The van der Waals surface area contributed by atoms with Gasteiger partial charge in [0, 0.05) is 16.0 Å². The third kappa shape index (κ3) is 3.90. The number of anilines is 2. The quantitative estimate of drug-likeness (QED) is 0.536. The molecule has 1 fully saturated rings. The van der Waals surface area contributed by atoms with Crippen LogP contribution in [0.25, 0.3) is 0 Å². The topological polar surface area (TPSA) is 88.5 Å². The van der Waals surface area contributed by atoms with Gasteiger partial charge in [0.25, 0.3) is 0 Å². The second-order valence-corrected chi connectivity index (χ2v) is 11.3. The molecule has 2 unspecified atom stereocenters. The largest absolute Gasteiger partial charge is 0.325 e. The number of nitrogens with zero attached hydrogens (tertiary/aromatic N) is 2. The lowest BCUT2D eigenvalue weighted by molar-refractivity contribution is -0.123. The third-order valence-corrected chi connectivity index (χ3v) is 9.22. The fourth-order valence-corrected chi connectivity index (χ4v) is 7.72. The number of carbonyl (C=O) groups is 3. The second kappa shape index (κ2) is 8.46. The van der Waals surface area contributed by atoms with Crippen LogP contribution in [0.2, 0.25) is 0 Å². The molecule has 180 valence electrons. The van der Waals surface area contributed by atoms with Gasteiger partial charge >= 0.3 is 4.87 Å². The highest BCUT2D eigenvalue weighted by Gasteiger charge is 2.59. The fraction of sp³-hybridized carbons (Fsp3) is 0.280. The van der Waals surface area contributed by atoms with Crippen LogP contribution in [-0.2, 0) is 26.3 Å². The lowest BCUT2D eigenvalue weighted by Gasteiger charge is -2.36. The smallest absolute Gasteiger partial charge is 0.308 e. The molecule has 1 N–H and O–H groups in total. The summed E-state index contributed by atoms with van der Waals surface area (Å²) in [6, 6.07) is 12.6. The lowest BCUT2D eigenvalue weighted by Crippen LogP contribution is -2.41. The number of benzene rings is 2. The maximum atomic E-state index is 13.4. The van der Waals surface area contributed by atoms with Gasteiger partial charge in [0.05, 0.1) is 16.6 Å². The zero-order chi connectivity index (χ0) is 25.1. The van der Waals surface area contributed by atoms with E-state index in [9.17, 15) is 23.6 Å². The van der Waals surface area contributed by atoms with Crippen LogP contribution >= 0.6 is 23.1 Å². The van der Waals surface area contributed by atoms with Crippen LogP contribution < -0.4 is 15.1 Å². The molecule has 0 radical (unpaired) electrons. The monoisotopic (exact) mass is 511 g/mol. The van der Waals surface area contributed by atoms with E-state index in [2.05, 4.69) is 5.32 Å². The van der Waals surface area contributed by atoms with E-state index in [0.29, 0.717) is 21.3 Å². The van der Waals surface area contributed by atoms with E-state index in [4.69, 9.17) is 0 Å². The number of thiazole rings is 1. The van der Waals surface area contributed by atoms with E-state index >= 15 is 0 Å². The minimum atomic E-state index is -0.811. The highest BCUT2D eigenvalue weighted by atomic mass is 32.2. The number of halogens is 1. The summed E-state index contributed by atoms with van der Waals surface area (Å²) in [5, 5.41) is 2.59. The molecule has 2 atom stereocenters. The van der Waals surface area contributed by atoms with Crippen molar-refractivity contribution in [3.8, 4) is 0 Å². The van der Waals surface area contributed by atoms with Crippen molar-refractivity contribution in [1.29, 1.82) is 0 Å². The Bertz CT molecular complexity index is 1430. The van der Waals surface area contributed by atoms with E-state index in [1.165, 1.54) is 28.8 Å². The first kappa shape index (κ1) is 23.5. The molecule has 3 heterocycles. The summed E-state index contributed by atoms with van der Waals surface area (Å²) in [5.41, 5.74) is 1.12. The van der Waals surface area contributed by atoms with E-state index in [1.807, 2.05) is 39.0 Å². The highest BCUT2D eigenvalue weighted by molar-refractivity contribution is 8.00. The van der Waals surface area contributed by atoms with Crippen LogP contribution in [0.4, 0.5) is 15.8 Å². The number of hydrogen-bond donors (Lipinski definition) is 1. The van der Waals surface area contributed by atoms with Crippen molar-refractivity contribution in [1.82, 2.24) is 4.57 Å². The van der Waals surface area contributed by atoms with Crippen LogP contribution in [0.3, 0.4) is 0 Å². The molecule has 2 aliphatic rings. The fourth-order valence-electron chi connectivity index (χ4n) is 4.68. The molecular weight excluding hydrogens is 489 g/mol. The number of aromatic nitrogens is 1. The van der Waals surface area contributed by atoms with Gasteiger partial charge in [0.1, 0.15) is 17.6 Å². The average Bonchev–Trinajstić information content (AvgIpc) is 3.24. The second-order valence-electron chi connectivity index (χ2n) is 9.23. The first-order valence-electron chi connectivity index (χ1n) is 11.0. The Hall–Kier alpha value is -3.24. The first-order valence-corrected chi connectivity index (χ1v) is 12.7. The van der Waals surface area contributed by atoms with E-state index in [1.54, 1.807) is 6.07 Å². The number of rotatable bonds is 4. The molecule has 0 saturated carbocycles. The molecule has 0 spiro atoms. The zero-order valence-corrected chi connectivity index (χ0v) is 20.8. The Labute approximate surface area is 208 Å². The molecule has 35 heavy (non-hydrogen) atoms. The summed E-state index contributed by atoms with van der Waals surface area (Å²) >= 11 is 2.15. The van der Waals surface area contributed by atoms with E-state index in [-0.39, 0.29) is 23.2 Å². The summed E-state index contributed by atoms with van der Waals surface area (Å²) in [6.07, 6.45) is 0. The Kier molecular flexibility index (Phi) is 5.68. The number of amides is 3. The van der Waals surface area contributed by atoms with Crippen molar-refractivity contribution in [2.75, 3.05) is 10.2 Å². The molecule has 1 aromatic heterocycles. The number of nitrogens with one attached hydrogen (secondary N) is 1. The first-order chi connectivity index (χ1) is 16.6.